The Morgan fingerprint density at radius 2 is 2.15 bits per heavy atom. The van der Waals surface area contributed by atoms with Gasteiger partial charge in [0.05, 0.1) is 13.4 Å². The molecule has 0 aliphatic rings. The van der Waals surface area contributed by atoms with Crippen LogP contribution in [0.4, 0.5) is 0 Å². The van der Waals surface area contributed by atoms with E-state index in [2.05, 4.69) is 15.3 Å². The maximum atomic E-state index is 12.4. The lowest BCUT2D eigenvalue weighted by molar-refractivity contribution is 0.0953. The zero-order valence-electron chi connectivity index (χ0n) is 15.0. The van der Waals surface area contributed by atoms with Crippen molar-refractivity contribution >= 4 is 5.91 Å². The molecule has 2 heterocycles. The Labute approximate surface area is 152 Å². The molecule has 2 aromatic heterocycles. The van der Waals surface area contributed by atoms with Gasteiger partial charge in [-0.1, -0.05) is 12.1 Å². The second-order valence-corrected chi connectivity index (χ2v) is 5.99. The van der Waals surface area contributed by atoms with Gasteiger partial charge < -0.3 is 14.6 Å². The highest BCUT2D eigenvalue weighted by molar-refractivity contribution is 5.95. The van der Waals surface area contributed by atoms with Gasteiger partial charge in [-0.3, -0.25) is 4.79 Å². The molecule has 1 N–H and O–H groups in total. The van der Waals surface area contributed by atoms with Crippen LogP contribution in [0.25, 0.3) is 11.3 Å². The quantitative estimate of drug-likeness (QED) is 0.665. The topological polar surface area (TPSA) is 69.0 Å². The van der Waals surface area contributed by atoms with Crippen LogP contribution in [0.15, 0.2) is 55.1 Å². The maximum absolute atomic E-state index is 12.4. The fourth-order valence-corrected chi connectivity index (χ4v) is 2.71. The molecule has 1 aromatic carbocycles. The molecule has 134 valence electrons. The Kier molecular flexibility index (Phi) is 5.63. The van der Waals surface area contributed by atoms with Gasteiger partial charge in [-0.15, -0.1) is 0 Å². The third-order valence-corrected chi connectivity index (χ3v) is 4.05. The number of hydrogen-bond donors (Lipinski definition) is 1. The van der Waals surface area contributed by atoms with E-state index in [9.17, 15) is 4.79 Å². The van der Waals surface area contributed by atoms with Gasteiger partial charge in [0.2, 0.25) is 0 Å². The van der Waals surface area contributed by atoms with E-state index < -0.39 is 0 Å². The van der Waals surface area contributed by atoms with E-state index >= 15 is 0 Å². The van der Waals surface area contributed by atoms with Crippen molar-refractivity contribution in [1.29, 1.82) is 0 Å². The zero-order valence-corrected chi connectivity index (χ0v) is 15.0. The van der Waals surface area contributed by atoms with Crippen LogP contribution in [0.5, 0.6) is 5.75 Å². The Morgan fingerprint density at radius 1 is 1.27 bits per heavy atom. The molecule has 0 unspecified atom stereocenters. The summed E-state index contributed by atoms with van der Waals surface area (Å²) in [6.07, 6.45) is 6.27. The highest BCUT2D eigenvalue weighted by Gasteiger charge is 2.11. The predicted octanol–water partition coefficient (Wildman–Crippen LogP) is 3.08. The highest BCUT2D eigenvalue weighted by atomic mass is 16.5. The Balaban J connectivity index is 1.67. The number of rotatable bonds is 7. The molecular formula is C20H22N4O2. The standard InChI is InChI=1S/C20H22N4O2/c1-15-7-8-18(26-2)19(23-15)16-5-3-6-17(13-16)20(25)22-9-4-11-24-12-10-21-14-24/h3,5-8,10,12-14H,4,9,11H2,1-2H3,(H,22,25). The first-order chi connectivity index (χ1) is 12.7. The summed E-state index contributed by atoms with van der Waals surface area (Å²) in [4.78, 5) is 21.0. The smallest absolute Gasteiger partial charge is 0.251 e. The predicted molar refractivity (Wildman–Crippen MR) is 100 cm³/mol. The Hall–Kier alpha value is -3.15. The van der Waals surface area contributed by atoms with E-state index in [1.165, 1.54) is 0 Å². The summed E-state index contributed by atoms with van der Waals surface area (Å²) in [5.41, 5.74) is 3.10. The van der Waals surface area contributed by atoms with Crippen LogP contribution >= 0.6 is 0 Å². The number of carbonyl (C=O) groups excluding carboxylic acids is 1. The minimum Gasteiger partial charge on any atom is -0.494 e. The number of ether oxygens (including phenoxy) is 1. The number of nitrogens with one attached hydrogen (secondary N) is 1. The van der Waals surface area contributed by atoms with Crippen molar-refractivity contribution < 1.29 is 9.53 Å². The molecular weight excluding hydrogens is 328 g/mol. The van der Waals surface area contributed by atoms with E-state index in [1.807, 2.05) is 48.0 Å². The number of methoxy groups -OCH3 is 1. The molecule has 0 saturated heterocycles. The van der Waals surface area contributed by atoms with Gasteiger partial charge in [0.25, 0.3) is 5.91 Å². The van der Waals surface area contributed by atoms with Crippen LogP contribution in [0, 0.1) is 6.92 Å². The lowest BCUT2D eigenvalue weighted by atomic mass is 10.1. The third kappa shape index (κ3) is 4.27. The van der Waals surface area contributed by atoms with E-state index in [1.54, 1.807) is 25.7 Å². The van der Waals surface area contributed by atoms with Crippen molar-refractivity contribution in [1.82, 2.24) is 19.9 Å². The molecule has 6 heteroatoms. The second kappa shape index (κ2) is 8.29. The van der Waals surface area contributed by atoms with Gasteiger partial charge in [-0.2, -0.15) is 0 Å². The van der Waals surface area contributed by atoms with E-state index in [4.69, 9.17) is 4.74 Å². The monoisotopic (exact) mass is 350 g/mol. The normalized spacial score (nSPS) is 10.5. The number of amides is 1. The molecule has 0 atom stereocenters. The summed E-state index contributed by atoms with van der Waals surface area (Å²) >= 11 is 0. The molecule has 0 aliphatic carbocycles. The average Bonchev–Trinajstić information content (AvgIpc) is 3.18. The van der Waals surface area contributed by atoms with Crippen LogP contribution in [-0.2, 0) is 6.54 Å². The molecule has 0 radical (unpaired) electrons. The highest BCUT2D eigenvalue weighted by Crippen LogP contribution is 2.28. The summed E-state index contributed by atoms with van der Waals surface area (Å²) in [7, 11) is 1.62. The van der Waals surface area contributed by atoms with Gasteiger partial charge in [0.1, 0.15) is 11.4 Å². The maximum Gasteiger partial charge on any atom is 0.251 e. The average molecular weight is 350 g/mol. The lowest BCUT2D eigenvalue weighted by Crippen LogP contribution is -2.25. The van der Waals surface area contributed by atoms with Crippen LogP contribution < -0.4 is 10.1 Å². The number of nitrogens with zero attached hydrogens (tertiary/aromatic N) is 3. The SMILES string of the molecule is COc1ccc(C)nc1-c1cccc(C(=O)NCCCn2ccnc2)c1. The van der Waals surface area contributed by atoms with Gasteiger partial charge in [0.15, 0.2) is 0 Å². The van der Waals surface area contributed by atoms with Gasteiger partial charge in [-0.05, 0) is 37.6 Å². The molecule has 1 amide bonds. The largest absolute Gasteiger partial charge is 0.494 e. The fourth-order valence-electron chi connectivity index (χ4n) is 2.71. The van der Waals surface area contributed by atoms with Crippen molar-refractivity contribution in [2.45, 2.75) is 19.9 Å². The van der Waals surface area contributed by atoms with E-state index in [0.29, 0.717) is 17.9 Å². The van der Waals surface area contributed by atoms with Crippen molar-refractivity contribution in [3.8, 4) is 17.0 Å². The molecule has 26 heavy (non-hydrogen) atoms. The van der Waals surface area contributed by atoms with Crippen molar-refractivity contribution in [2.75, 3.05) is 13.7 Å². The van der Waals surface area contributed by atoms with Gasteiger partial charge in [-0.25, -0.2) is 9.97 Å². The molecule has 0 saturated carbocycles. The summed E-state index contributed by atoms with van der Waals surface area (Å²) in [6.45, 7) is 3.36. The summed E-state index contributed by atoms with van der Waals surface area (Å²) in [5, 5.41) is 2.96. The number of carbonyl (C=O) groups is 1. The Bertz CT molecular complexity index is 875. The minimum atomic E-state index is -0.0934. The third-order valence-electron chi connectivity index (χ3n) is 4.05. The number of hydrogen-bond acceptors (Lipinski definition) is 4. The number of aromatic nitrogens is 3. The number of benzene rings is 1. The van der Waals surface area contributed by atoms with Crippen LogP contribution in [-0.4, -0.2) is 34.1 Å². The first-order valence-corrected chi connectivity index (χ1v) is 8.53. The van der Waals surface area contributed by atoms with Gasteiger partial charge in [0, 0.05) is 42.3 Å². The van der Waals surface area contributed by atoms with Crippen LogP contribution in [0.1, 0.15) is 22.5 Å². The molecule has 6 nitrogen and oxygen atoms in total. The summed E-state index contributed by atoms with van der Waals surface area (Å²) < 4.78 is 7.39. The number of pyridine rings is 1. The van der Waals surface area contributed by atoms with E-state index in [0.717, 1.165) is 29.9 Å². The van der Waals surface area contributed by atoms with Crippen LogP contribution in [0.3, 0.4) is 0 Å². The van der Waals surface area contributed by atoms with Crippen molar-refractivity contribution in [3.05, 3.63) is 66.4 Å². The first kappa shape index (κ1) is 17.7. The zero-order chi connectivity index (χ0) is 18.4. The summed E-state index contributed by atoms with van der Waals surface area (Å²) in [5.74, 6) is 0.595. The first-order valence-electron chi connectivity index (χ1n) is 8.53. The lowest BCUT2D eigenvalue weighted by Gasteiger charge is -2.10. The molecule has 0 spiro atoms. The second-order valence-electron chi connectivity index (χ2n) is 5.99. The molecule has 0 fully saturated rings. The fraction of sp³-hybridized carbons (Fsp3) is 0.250. The molecule has 3 rings (SSSR count). The Morgan fingerprint density at radius 3 is 2.92 bits per heavy atom. The van der Waals surface area contributed by atoms with E-state index in [-0.39, 0.29) is 5.91 Å². The van der Waals surface area contributed by atoms with Crippen molar-refractivity contribution in [2.24, 2.45) is 0 Å². The molecule has 0 aliphatic heterocycles. The molecule has 0 bridgehead atoms. The number of aryl methyl sites for hydroxylation is 2. The van der Waals surface area contributed by atoms with Gasteiger partial charge >= 0.3 is 0 Å². The van der Waals surface area contributed by atoms with Crippen LogP contribution in [0.2, 0.25) is 0 Å². The molecule has 3 aromatic rings. The summed E-state index contributed by atoms with van der Waals surface area (Å²) in [6, 6.07) is 11.2. The minimum absolute atomic E-state index is 0.0934. The van der Waals surface area contributed by atoms with Crippen molar-refractivity contribution in [3.63, 3.8) is 0 Å². The number of imidazole rings is 1.